The van der Waals surface area contributed by atoms with Gasteiger partial charge < -0.3 is 9.15 Å². The van der Waals surface area contributed by atoms with Crippen molar-refractivity contribution in [2.24, 2.45) is 0 Å². The Morgan fingerprint density at radius 1 is 0.879 bits per heavy atom. The van der Waals surface area contributed by atoms with Gasteiger partial charge in [0.05, 0.1) is 22.4 Å². The normalized spacial score (nSPS) is 12.8. The van der Waals surface area contributed by atoms with Crippen LogP contribution in [0.1, 0.15) is 42.2 Å². The van der Waals surface area contributed by atoms with E-state index in [-0.39, 0.29) is 12.2 Å². The molecule has 1 aliphatic heterocycles. The number of hydrogen-bond donors (Lipinski definition) is 0. The van der Waals surface area contributed by atoms with E-state index >= 15 is 0 Å². The van der Waals surface area contributed by atoms with Crippen molar-refractivity contribution in [3.8, 4) is 0 Å². The molecule has 0 atom stereocenters. The molecule has 33 heavy (non-hydrogen) atoms. The number of benzene rings is 3. The Morgan fingerprint density at radius 2 is 1.55 bits per heavy atom. The number of imide groups is 1. The van der Waals surface area contributed by atoms with Gasteiger partial charge in [0.25, 0.3) is 11.8 Å². The zero-order valence-corrected chi connectivity index (χ0v) is 17.5. The minimum absolute atomic E-state index is 0.107. The van der Waals surface area contributed by atoms with E-state index < -0.39 is 23.4 Å². The van der Waals surface area contributed by atoms with E-state index in [1.807, 2.05) is 19.1 Å². The predicted octanol–water partition coefficient (Wildman–Crippen LogP) is 4.26. The van der Waals surface area contributed by atoms with Crippen molar-refractivity contribution in [1.82, 2.24) is 0 Å². The van der Waals surface area contributed by atoms with E-state index in [0.29, 0.717) is 33.3 Å². The topological polar surface area (TPSA) is 93.9 Å². The van der Waals surface area contributed by atoms with Gasteiger partial charge in [-0.1, -0.05) is 24.3 Å². The molecule has 0 saturated heterocycles. The van der Waals surface area contributed by atoms with Gasteiger partial charge >= 0.3 is 11.6 Å². The van der Waals surface area contributed by atoms with Gasteiger partial charge in [-0.15, -0.1) is 0 Å². The number of anilines is 1. The molecular formula is C26H17NO6. The molecule has 1 aliphatic rings. The van der Waals surface area contributed by atoms with Crippen molar-refractivity contribution < 1.29 is 23.5 Å². The summed E-state index contributed by atoms with van der Waals surface area (Å²) in [5.41, 5.74) is 2.69. The summed E-state index contributed by atoms with van der Waals surface area (Å²) in [4.78, 5) is 50.7. The van der Waals surface area contributed by atoms with E-state index in [1.54, 1.807) is 30.3 Å². The molecule has 162 valence electrons. The van der Waals surface area contributed by atoms with Gasteiger partial charge in [0.2, 0.25) is 0 Å². The van der Waals surface area contributed by atoms with Crippen LogP contribution < -0.4 is 10.5 Å². The first-order chi connectivity index (χ1) is 15.9. The minimum atomic E-state index is -0.600. The molecule has 7 nitrogen and oxygen atoms in total. The lowest BCUT2D eigenvalue weighted by Crippen LogP contribution is -2.29. The van der Waals surface area contributed by atoms with E-state index in [0.717, 1.165) is 10.5 Å². The summed E-state index contributed by atoms with van der Waals surface area (Å²) in [5.74, 6) is -1.41. The lowest BCUT2D eigenvalue weighted by Gasteiger charge is -2.14. The molecule has 4 aromatic rings. The van der Waals surface area contributed by atoms with Crippen LogP contribution in [0.2, 0.25) is 0 Å². The number of nitrogens with zero attached hydrogens (tertiary/aromatic N) is 1. The second kappa shape index (κ2) is 7.87. The van der Waals surface area contributed by atoms with Gasteiger partial charge in [-0.3, -0.25) is 9.59 Å². The maximum Gasteiger partial charge on any atom is 0.338 e. The van der Waals surface area contributed by atoms with E-state index in [9.17, 15) is 19.2 Å². The number of carbonyl (C=O) groups is 3. The van der Waals surface area contributed by atoms with Crippen molar-refractivity contribution in [2.45, 2.75) is 13.5 Å². The third kappa shape index (κ3) is 3.59. The molecule has 2 amide bonds. The van der Waals surface area contributed by atoms with Crippen LogP contribution in [0.4, 0.5) is 5.69 Å². The van der Waals surface area contributed by atoms with Crippen LogP contribution in [-0.2, 0) is 11.3 Å². The summed E-state index contributed by atoms with van der Waals surface area (Å²) in [6, 6.07) is 19.4. The van der Waals surface area contributed by atoms with Crippen LogP contribution in [0.3, 0.4) is 0 Å². The molecule has 1 aromatic heterocycles. The highest BCUT2D eigenvalue weighted by Crippen LogP contribution is 2.28. The fraction of sp³-hybridized carbons (Fsp3) is 0.0769. The first-order valence-electron chi connectivity index (χ1n) is 10.2. The number of hydrogen-bond acceptors (Lipinski definition) is 6. The Balaban J connectivity index is 1.33. The monoisotopic (exact) mass is 439 g/mol. The van der Waals surface area contributed by atoms with Crippen LogP contribution in [0.5, 0.6) is 0 Å². The largest absolute Gasteiger partial charge is 0.457 e. The first-order valence-corrected chi connectivity index (χ1v) is 10.2. The van der Waals surface area contributed by atoms with Crippen molar-refractivity contribution in [3.05, 3.63) is 111 Å². The molecule has 0 radical (unpaired) electrons. The summed E-state index contributed by atoms with van der Waals surface area (Å²) in [5, 5.41) is 0.689. The Kier molecular flexibility index (Phi) is 4.86. The number of carbonyl (C=O) groups excluding carboxylic acids is 3. The highest BCUT2D eigenvalue weighted by Gasteiger charge is 2.36. The molecule has 2 heterocycles. The molecule has 0 spiro atoms. The molecule has 5 rings (SSSR count). The smallest absolute Gasteiger partial charge is 0.338 e. The second-order valence-electron chi connectivity index (χ2n) is 7.70. The first kappa shape index (κ1) is 20.4. The quantitative estimate of drug-likeness (QED) is 0.268. The van der Waals surface area contributed by atoms with Gasteiger partial charge in [0, 0.05) is 17.0 Å². The van der Waals surface area contributed by atoms with Crippen LogP contribution in [0.25, 0.3) is 11.0 Å². The third-order valence-electron chi connectivity index (χ3n) is 5.50. The van der Waals surface area contributed by atoms with E-state index in [4.69, 9.17) is 9.15 Å². The standard InChI is InChI=1S/C26H17NO6/c1-15-6-11-19-17(13-23(28)33-22(19)12-15)14-32-26(31)16-7-9-18(10-8-16)27-24(29)20-4-2-3-5-21(20)25(27)30/h2-13H,14H2,1H3. The molecule has 0 fully saturated rings. The highest BCUT2D eigenvalue weighted by molar-refractivity contribution is 6.34. The van der Waals surface area contributed by atoms with Crippen molar-refractivity contribution in [3.63, 3.8) is 0 Å². The minimum Gasteiger partial charge on any atom is -0.457 e. The SMILES string of the molecule is Cc1ccc2c(COC(=O)c3ccc(N4C(=O)c5ccccc5C4=O)cc3)cc(=O)oc2c1. The van der Waals surface area contributed by atoms with Gasteiger partial charge in [-0.05, 0) is 55.0 Å². The van der Waals surface area contributed by atoms with Gasteiger partial charge in [-0.2, -0.15) is 0 Å². The van der Waals surface area contributed by atoms with Crippen LogP contribution in [0.15, 0.2) is 82.0 Å². The Bertz CT molecular complexity index is 1460. The molecule has 7 heteroatoms. The summed E-state index contributed by atoms with van der Waals surface area (Å²) in [6.07, 6.45) is 0. The molecule has 0 saturated carbocycles. The maximum absolute atomic E-state index is 12.6. The average Bonchev–Trinajstić information content (AvgIpc) is 3.07. The number of rotatable bonds is 4. The number of amides is 2. The molecule has 0 aliphatic carbocycles. The molecule has 0 N–H and O–H groups in total. The van der Waals surface area contributed by atoms with Crippen molar-refractivity contribution >= 4 is 34.4 Å². The van der Waals surface area contributed by atoms with Crippen molar-refractivity contribution in [2.75, 3.05) is 4.90 Å². The Morgan fingerprint density at radius 3 is 2.21 bits per heavy atom. The van der Waals surface area contributed by atoms with E-state index in [1.165, 1.54) is 30.3 Å². The fourth-order valence-electron chi connectivity index (χ4n) is 3.85. The highest BCUT2D eigenvalue weighted by atomic mass is 16.5. The van der Waals surface area contributed by atoms with Gasteiger partial charge in [0.15, 0.2) is 0 Å². The molecule has 0 bridgehead atoms. The van der Waals surface area contributed by atoms with Gasteiger partial charge in [0.1, 0.15) is 12.2 Å². The number of esters is 1. The summed E-state index contributed by atoms with van der Waals surface area (Å²) in [7, 11) is 0. The molecule has 0 unspecified atom stereocenters. The van der Waals surface area contributed by atoms with Crippen LogP contribution in [0, 0.1) is 6.92 Å². The zero-order valence-electron chi connectivity index (χ0n) is 17.5. The fourth-order valence-corrected chi connectivity index (χ4v) is 3.85. The summed E-state index contributed by atoms with van der Waals surface area (Å²) < 4.78 is 10.6. The van der Waals surface area contributed by atoms with E-state index in [2.05, 4.69) is 0 Å². The molecule has 3 aromatic carbocycles. The average molecular weight is 439 g/mol. The second-order valence-corrected chi connectivity index (χ2v) is 7.70. The maximum atomic E-state index is 12.6. The van der Waals surface area contributed by atoms with Gasteiger partial charge in [-0.25, -0.2) is 14.5 Å². The van der Waals surface area contributed by atoms with Crippen LogP contribution >= 0.6 is 0 Å². The lowest BCUT2D eigenvalue weighted by molar-refractivity contribution is 0.0473. The number of fused-ring (bicyclic) bond motifs is 2. The summed E-state index contributed by atoms with van der Waals surface area (Å²) >= 11 is 0. The predicted molar refractivity (Wildman–Crippen MR) is 120 cm³/mol. The lowest BCUT2D eigenvalue weighted by atomic mass is 10.1. The summed E-state index contributed by atoms with van der Waals surface area (Å²) in [6.45, 7) is 1.78. The molecular weight excluding hydrogens is 422 g/mol. The third-order valence-corrected chi connectivity index (χ3v) is 5.50. The Hall–Kier alpha value is -4.52. The number of ether oxygens (including phenoxy) is 1. The number of aryl methyl sites for hydroxylation is 1. The Labute approximate surface area is 187 Å². The van der Waals surface area contributed by atoms with Crippen LogP contribution in [-0.4, -0.2) is 17.8 Å². The van der Waals surface area contributed by atoms with Crippen molar-refractivity contribution in [1.29, 1.82) is 0 Å². The zero-order chi connectivity index (χ0) is 23.1.